The van der Waals surface area contributed by atoms with Crippen molar-refractivity contribution in [3.8, 4) is 0 Å². The van der Waals surface area contributed by atoms with Gasteiger partial charge in [0.15, 0.2) is 0 Å². The molecule has 0 aliphatic rings. The van der Waals surface area contributed by atoms with E-state index in [9.17, 15) is 0 Å². The molecule has 0 spiro atoms. The Morgan fingerprint density at radius 2 is 1.83 bits per heavy atom. The number of benzene rings is 1. The van der Waals surface area contributed by atoms with E-state index in [1.54, 1.807) is 13.0 Å². The molecule has 0 unspecified atom stereocenters. The maximum atomic E-state index is 8.95. The Morgan fingerprint density at radius 3 is 2.25 bits per heavy atom. The molecular weight excluding hydrogens is 174 g/mol. The van der Waals surface area contributed by atoms with E-state index in [4.69, 9.17) is 21.6 Å². The van der Waals surface area contributed by atoms with Gasteiger partial charge < -0.3 is 10.0 Å². The molecule has 1 aromatic carbocycles. The molecular formula is C8H10BClO2. The Bertz CT molecular complexity index is 276. The fourth-order valence-electron chi connectivity index (χ4n) is 1.25. The van der Waals surface area contributed by atoms with Crippen molar-refractivity contribution in [1.29, 1.82) is 0 Å². The zero-order chi connectivity index (χ0) is 9.30. The normalized spacial score (nSPS) is 10.1. The molecule has 0 bridgehead atoms. The van der Waals surface area contributed by atoms with Crippen LogP contribution in [0.15, 0.2) is 12.1 Å². The molecule has 0 fully saturated rings. The van der Waals surface area contributed by atoms with Crippen LogP contribution in [-0.4, -0.2) is 17.2 Å². The molecule has 1 aromatic rings. The van der Waals surface area contributed by atoms with Crippen LogP contribution in [0, 0.1) is 13.8 Å². The van der Waals surface area contributed by atoms with Gasteiger partial charge >= 0.3 is 7.12 Å². The van der Waals surface area contributed by atoms with Crippen LogP contribution < -0.4 is 5.46 Å². The first-order chi connectivity index (χ1) is 5.52. The molecule has 0 radical (unpaired) electrons. The third kappa shape index (κ3) is 1.80. The number of hydrogen-bond acceptors (Lipinski definition) is 2. The SMILES string of the molecule is Cc1cc(C)c(B(O)O)c(Cl)c1. The molecule has 2 N–H and O–H groups in total. The number of aryl methyl sites for hydroxylation is 2. The number of halogens is 1. The summed E-state index contributed by atoms with van der Waals surface area (Å²) in [5.41, 5.74) is 2.21. The lowest BCUT2D eigenvalue weighted by Gasteiger charge is -2.07. The van der Waals surface area contributed by atoms with Crippen LogP contribution in [0.5, 0.6) is 0 Å². The summed E-state index contributed by atoms with van der Waals surface area (Å²) in [5.74, 6) is 0. The lowest BCUT2D eigenvalue weighted by Crippen LogP contribution is -2.33. The molecule has 12 heavy (non-hydrogen) atoms. The molecule has 0 amide bonds. The molecule has 0 atom stereocenters. The molecule has 4 heteroatoms. The van der Waals surface area contributed by atoms with E-state index >= 15 is 0 Å². The van der Waals surface area contributed by atoms with Crippen LogP contribution in [0.2, 0.25) is 5.02 Å². The van der Waals surface area contributed by atoms with E-state index in [1.807, 2.05) is 13.0 Å². The third-order valence-corrected chi connectivity index (χ3v) is 2.05. The second kappa shape index (κ2) is 3.48. The Balaban J connectivity index is 3.28. The van der Waals surface area contributed by atoms with Crippen LogP contribution in [0.1, 0.15) is 11.1 Å². The Labute approximate surface area is 76.9 Å². The van der Waals surface area contributed by atoms with Gasteiger partial charge in [0.1, 0.15) is 0 Å². The Kier molecular flexibility index (Phi) is 2.78. The van der Waals surface area contributed by atoms with E-state index in [0.29, 0.717) is 10.5 Å². The fourth-order valence-corrected chi connectivity index (χ4v) is 1.67. The van der Waals surface area contributed by atoms with Crippen molar-refractivity contribution in [1.82, 2.24) is 0 Å². The second-order valence-corrected chi connectivity index (χ2v) is 3.26. The van der Waals surface area contributed by atoms with Crippen LogP contribution in [0.3, 0.4) is 0 Å². The van der Waals surface area contributed by atoms with Gasteiger partial charge in [-0.1, -0.05) is 17.7 Å². The highest BCUT2D eigenvalue weighted by atomic mass is 35.5. The van der Waals surface area contributed by atoms with Gasteiger partial charge in [0.25, 0.3) is 0 Å². The minimum atomic E-state index is -1.49. The average molecular weight is 184 g/mol. The molecule has 0 aromatic heterocycles. The molecule has 1 rings (SSSR count). The van der Waals surface area contributed by atoms with Gasteiger partial charge in [-0.05, 0) is 31.0 Å². The monoisotopic (exact) mass is 184 g/mol. The highest BCUT2D eigenvalue weighted by molar-refractivity contribution is 6.63. The van der Waals surface area contributed by atoms with E-state index in [-0.39, 0.29) is 0 Å². The van der Waals surface area contributed by atoms with Gasteiger partial charge in [-0.3, -0.25) is 0 Å². The first-order valence-electron chi connectivity index (χ1n) is 3.65. The zero-order valence-corrected chi connectivity index (χ0v) is 7.76. The first-order valence-corrected chi connectivity index (χ1v) is 4.03. The largest absolute Gasteiger partial charge is 0.490 e. The van der Waals surface area contributed by atoms with Crippen molar-refractivity contribution < 1.29 is 10.0 Å². The smallest absolute Gasteiger partial charge is 0.423 e. The molecule has 0 aliphatic carbocycles. The number of rotatable bonds is 1. The van der Waals surface area contributed by atoms with Crippen molar-refractivity contribution in [2.45, 2.75) is 13.8 Å². The Hall–Kier alpha value is -0.505. The van der Waals surface area contributed by atoms with Gasteiger partial charge in [0.05, 0.1) is 0 Å². The van der Waals surface area contributed by atoms with Crippen molar-refractivity contribution >= 4 is 24.2 Å². The summed E-state index contributed by atoms with van der Waals surface area (Å²) in [6.45, 7) is 3.71. The quantitative estimate of drug-likeness (QED) is 0.629. The van der Waals surface area contributed by atoms with E-state index < -0.39 is 7.12 Å². The van der Waals surface area contributed by atoms with Crippen LogP contribution in [0.25, 0.3) is 0 Å². The fraction of sp³-hybridized carbons (Fsp3) is 0.250. The summed E-state index contributed by atoms with van der Waals surface area (Å²) >= 11 is 5.81. The molecule has 0 saturated heterocycles. The van der Waals surface area contributed by atoms with Crippen molar-refractivity contribution in [2.24, 2.45) is 0 Å². The average Bonchev–Trinajstić information content (AvgIpc) is 1.82. The topological polar surface area (TPSA) is 40.5 Å². The molecule has 64 valence electrons. The molecule has 2 nitrogen and oxygen atoms in total. The number of hydrogen-bond donors (Lipinski definition) is 2. The van der Waals surface area contributed by atoms with E-state index in [0.717, 1.165) is 11.1 Å². The lowest BCUT2D eigenvalue weighted by atomic mass is 9.77. The predicted molar refractivity (Wildman–Crippen MR) is 50.8 cm³/mol. The maximum absolute atomic E-state index is 8.95. The van der Waals surface area contributed by atoms with Crippen LogP contribution >= 0.6 is 11.6 Å². The lowest BCUT2D eigenvalue weighted by molar-refractivity contribution is 0.425. The molecule has 0 heterocycles. The Morgan fingerprint density at radius 1 is 1.25 bits per heavy atom. The summed E-state index contributed by atoms with van der Waals surface area (Å²) < 4.78 is 0. The van der Waals surface area contributed by atoms with Gasteiger partial charge in [-0.25, -0.2) is 0 Å². The van der Waals surface area contributed by atoms with Gasteiger partial charge in [0.2, 0.25) is 0 Å². The summed E-state index contributed by atoms with van der Waals surface area (Å²) in [7, 11) is -1.49. The van der Waals surface area contributed by atoms with Gasteiger partial charge in [0, 0.05) is 10.5 Å². The maximum Gasteiger partial charge on any atom is 0.490 e. The highest BCUT2D eigenvalue weighted by Gasteiger charge is 2.17. The third-order valence-electron chi connectivity index (χ3n) is 1.74. The summed E-state index contributed by atoms with van der Waals surface area (Å²) in [4.78, 5) is 0. The molecule has 0 saturated carbocycles. The van der Waals surface area contributed by atoms with E-state index in [2.05, 4.69) is 0 Å². The van der Waals surface area contributed by atoms with Gasteiger partial charge in [-0.15, -0.1) is 0 Å². The zero-order valence-electron chi connectivity index (χ0n) is 7.00. The van der Waals surface area contributed by atoms with Crippen molar-refractivity contribution in [3.05, 3.63) is 28.3 Å². The summed E-state index contributed by atoms with van der Waals surface area (Å²) in [6, 6.07) is 3.57. The minimum Gasteiger partial charge on any atom is -0.423 e. The highest BCUT2D eigenvalue weighted by Crippen LogP contribution is 2.11. The van der Waals surface area contributed by atoms with Crippen LogP contribution in [-0.2, 0) is 0 Å². The summed E-state index contributed by atoms with van der Waals surface area (Å²) in [5, 5.41) is 18.3. The predicted octanol–water partition coefficient (Wildman–Crippen LogP) is 0.637. The molecule has 0 aliphatic heterocycles. The minimum absolute atomic E-state index is 0.391. The van der Waals surface area contributed by atoms with E-state index in [1.165, 1.54) is 0 Å². The van der Waals surface area contributed by atoms with Crippen molar-refractivity contribution in [2.75, 3.05) is 0 Å². The van der Waals surface area contributed by atoms with Crippen molar-refractivity contribution in [3.63, 3.8) is 0 Å². The second-order valence-electron chi connectivity index (χ2n) is 2.85. The summed E-state index contributed by atoms with van der Waals surface area (Å²) in [6.07, 6.45) is 0. The standard InChI is InChI=1S/C8H10BClO2/c1-5-3-6(2)8(9(11)12)7(10)4-5/h3-4,11-12H,1-2H3. The first kappa shape index (κ1) is 9.58. The van der Waals surface area contributed by atoms with Crippen LogP contribution in [0.4, 0.5) is 0 Å². The van der Waals surface area contributed by atoms with Gasteiger partial charge in [-0.2, -0.15) is 0 Å².